The van der Waals surface area contributed by atoms with Gasteiger partial charge in [0.05, 0.1) is 5.56 Å². The van der Waals surface area contributed by atoms with E-state index in [1.807, 2.05) is 18.2 Å². The van der Waals surface area contributed by atoms with Crippen molar-refractivity contribution < 1.29 is 9.90 Å². The maximum absolute atomic E-state index is 10.9. The molecule has 0 amide bonds. The van der Waals surface area contributed by atoms with Gasteiger partial charge in [-0.05, 0) is 53.8 Å². The highest BCUT2D eigenvalue weighted by molar-refractivity contribution is 7.97. The SMILES string of the molecule is O=Cc1cc2c(cc1O)CCN(Sc1ccccc1)C2. The second-order valence-corrected chi connectivity index (χ2v) is 5.99. The molecule has 2 aromatic carbocycles. The smallest absolute Gasteiger partial charge is 0.153 e. The number of rotatable bonds is 3. The van der Waals surface area contributed by atoms with E-state index in [0.29, 0.717) is 11.8 Å². The van der Waals surface area contributed by atoms with Gasteiger partial charge in [0.15, 0.2) is 6.29 Å². The molecule has 3 nitrogen and oxygen atoms in total. The zero-order valence-electron chi connectivity index (χ0n) is 11.0. The number of phenolic OH excluding ortho intramolecular Hbond substituents is 1. The zero-order valence-corrected chi connectivity index (χ0v) is 11.8. The van der Waals surface area contributed by atoms with E-state index in [9.17, 15) is 9.90 Å². The largest absolute Gasteiger partial charge is 0.507 e. The molecule has 20 heavy (non-hydrogen) atoms. The fraction of sp³-hybridized carbons (Fsp3) is 0.188. The van der Waals surface area contributed by atoms with Crippen LogP contribution in [0.25, 0.3) is 0 Å². The van der Waals surface area contributed by atoms with Crippen molar-refractivity contribution in [2.45, 2.75) is 17.9 Å². The van der Waals surface area contributed by atoms with Crippen molar-refractivity contribution in [2.24, 2.45) is 0 Å². The van der Waals surface area contributed by atoms with E-state index >= 15 is 0 Å². The van der Waals surface area contributed by atoms with Crippen LogP contribution in [0, 0.1) is 0 Å². The topological polar surface area (TPSA) is 40.5 Å². The average Bonchev–Trinajstić information content (AvgIpc) is 2.48. The second kappa shape index (κ2) is 5.69. The Balaban J connectivity index is 1.79. The van der Waals surface area contributed by atoms with Crippen molar-refractivity contribution in [3.05, 3.63) is 59.2 Å². The third-order valence-electron chi connectivity index (χ3n) is 3.43. The Kier molecular flexibility index (Phi) is 3.76. The summed E-state index contributed by atoms with van der Waals surface area (Å²) in [6, 6.07) is 13.8. The predicted molar refractivity (Wildman–Crippen MR) is 79.9 cm³/mol. The highest BCUT2D eigenvalue weighted by Crippen LogP contribution is 2.31. The van der Waals surface area contributed by atoms with Gasteiger partial charge in [-0.25, -0.2) is 4.31 Å². The molecule has 102 valence electrons. The molecule has 0 atom stereocenters. The van der Waals surface area contributed by atoms with Crippen LogP contribution in [-0.4, -0.2) is 22.2 Å². The molecule has 1 aliphatic heterocycles. The third-order valence-corrected chi connectivity index (χ3v) is 4.48. The minimum atomic E-state index is 0.0860. The molecule has 0 radical (unpaired) electrons. The Morgan fingerprint density at radius 3 is 2.70 bits per heavy atom. The lowest BCUT2D eigenvalue weighted by molar-refractivity contribution is 0.112. The first kappa shape index (κ1) is 13.2. The van der Waals surface area contributed by atoms with Crippen molar-refractivity contribution in [1.82, 2.24) is 4.31 Å². The van der Waals surface area contributed by atoms with Gasteiger partial charge in [-0.1, -0.05) is 18.2 Å². The van der Waals surface area contributed by atoms with Crippen LogP contribution in [0.2, 0.25) is 0 Å². The summed E-state index contributed by atoms with van der Waals surface area (Å²) in [6.07, 6.45) is 1.60. The molecule has 2 aromatic rings. The monoisotopic (exact) mass is 285 g/mol. The highest BCUT2D eigenvalue weighted by Gasteiger charge is 2.19. The lowest BCUT2D eigenvalue weighted by Crippen LogP contribution is -2.24. The van der Waals surface area contributed by atoms with Gasteiger partial charge in [0.1, 0.15) is 5.75 Å². The summed E-state index contributed by atoms with van der Waals surface area (Å²) in [5, 5.41) is 9.72. The van der Waals surface area contributed by atoms with Crippen molar-refractivity contribution >= 4 is 18.2 Å². The number of benzene rings is 2. The Hall–Kier alpha value is -1.78. The number of hydrogen-bond acceptors (Lipinski definition) is 4. The fourth-order valence-electron chi connectivity index (χ4n) is 2.39. The summed E-state index contributed by atoms with van der Waals surface area (Å²) in [6.45, 7) is 1.72. The summed E-state index contributed by atoms with van der Waals surface area (Å²) in [5.41, 5.74) is 2.63. The average molecular weight is 285 g/mol. The molecule has 1 aliphatic rings. The maximum atomic E-state index is 10.9. The summed E-state index contributed by atoms with van der Waals surface area (Å²) >= 11 is 1.73. The van der Waals surface area contributed by atoms with E-state index in [-0.39, 0.29) is 5.75 Å². The van der Waals surface area contributed by atoms with Crippen molar-refractivity contribution in [2.75, 3.05) is 6.54 Å². The first-order valence-corrected chi connectivity index (χ1v) is 7.31. The summed E-state index contributed by atoms with van der Waals surface area (Å²) in [4.78, 5) is 12.1. The van der Waals surface area contributed by atoms with Gasteiger partial charge < -0.3 is 5.11 Å². The number of phenols is 1. The molecular formula is C16H15NO2S. The van der Waals surface area contributed by atoms with Gasteiger partial charge >= 0.3 is 0 Å². The molecule has 0 bridgehead atoms. The van der Waals surface area contributed by atoms with E-state index < -0.39 is 0 Å². The van der Waals surface area contributed by atoms with E-state index in [4.69, 9.17) is 0 Å². The van der Waals surface area contributed by atoms with Gasteiger partial charge in [0.25, 0.3) is 0 Å². The Bertz CT molecular complexity index is 628. The number of carbonyl (C=O) groups excluding carboxylic acids is 1. The van der Waals surface area contributed by atoms with Crippen molar-refractivity contribution in [3.63, 3.8) is 0 Å². The fourth-order valence-corrected chi connectivity index (χ4v) is 3.36. The van der Waals surface area contributed by atoms with Crippen molar-refractivity contribution in [3.8, 4) is 5.75 Å². The summed E-state index contributed by atoms with van der Waals surface area (Å²) in [5.74, 6) is 0.0860. The molecule has 4 heteroatoms. The molecular weight excluding hydrogens is 270 g/mol. The van der Waals surface area contributed by atoms with Gasteiger partial charge in [-0.2, -0.15) is 0 Å². The second-order valence-electron chi connectivity index (χ2n) is 4.82. The standard InChI is InChI=1S/C16H15NO2S/c18-11-14-8-13-10-17(7-6-12(13)9-16(14)19)20-15-4-2-1-3-5-15/h1-5,8-9,11,19H,6-7,10H2. The number of hydrogen-bond donors (Lipinski definition) is 1. The van der Waals surface area contributed by atoms with E-state index in [2.05, 4.69) is 16.4 Å². The normalized spacial score (nSPS) is 14.8. The van der Waals surface area contributed by atoms with Gasteiger partial charge in [0.2, 0.25) is 0 Å². The number of carbonyl (C=O) groups is 1. The van der Waals surface area contributed by atoms with Crippen LogP contribution in [0.15, 0.2) is 47.4 Å². The molecule has 1 N–H and O–H groups in total. The lowest BCUT2D eigenvalue weighted by Gasteiger charge is -2.28. The molecule has 0 aromatic heterocycles. The van der Waals surface area contributed by atoms with Crippen molar-refractivity contribution in [1.29, 1.82) is 0 Å². The molecule has 1 heterocycles. The van der Waals surface area contributed by atoms with Gasteiger partial charge in [-0.3, -0.25) is 4.79 Å². The minimum Gasteiger partial charge on any atom is -0.507 e. The number of aromatic hydroxyl groups is 1. The predicted octanol–water partition coefficient (Wildman–Crippen LogP) is 3.27. The van der Waals surface area contributed by atoms with E-state index in [1.165, 1.54) is 4.90 Å². The van der Waals surface area contributed by atoms with Crippen LogP contribution < -0.4 is 0 Å². The molecule has 0 saturated carbocycles. The molecule has 3 rings (SSSR count). The number of aldehydes is 1. The molecule has 0 spiro atoms. The van der Waals surface area contributed by atoms with Crippen LogP contribution in [0.5, 0.6) is 5.75 Å². The molecule has 0 fully saturated rings. The van der Waals surface area contributed by atoms with E-state index in [1.54, 1.807) is 24.1 Å². The van der Waals surface area contributed by atoms with Crippen LogP contribution >= 0.6 is 11.9 Å². The Morgan fingerprint density at radius 2 is 1.95 bits per heavy atom. The van der Waals surface area contributed by atoms with Gasteiger partial charge in [0, 0.05) is 18.0 Å². The molecule has 0 unspecified atom stereocenters. The van der Waals surface area contributed by atoms with E-state index in [0.717, 1.165) is 30.6 Å². The Labute approximate surface area is 122 Å². The summed E-state index contributed by atoms with van der Waals surface area (Å²) in [7, 11) is 0. The molecule has 0 saturated heterocycles. The van der Waals surface area contributed by atoms with Crippen LogP contribution in [0.1, 0.15) is 21.5 Å². The quantitative estimate of drug-likeness (QED) is 0.694. The van der Waals surface area contributed by atoms with Crippen LogP contribution in [-0.2, 0) is 13.0 Å². The zero-order chi connectivity index (χ0) is 13.9. The maximum Gasteiger partial charge on any atom is 0.153 e. The first-order valence-electron chi connectivity index (χ1n) is 6.54. The van der Waals surface area contributed by atoms with Crippen LogP contribution in [0.4, 0.5) is 0 Å². The molecule has 0 aliphatic carbocycles. The summed E-state index contributed by atoms with van der Waals surface area (Å²) < 4.78 is 2.28. The number of nitrogens with zero attached hydrogens (tertiary/aromatic N) is 1. The lowest BCUT2D eigenvalue weighted by atomic mass is 9.98. The van der Waals surface area contributed by atoms with Gasteiger partial charge in [-0.15, -0.1) is 0 Å². The number of fused-ring (bicyclic) bond motifs is 1. The minimum absolute atomic E-state index is 0.0860. The highest BCUT2D eigenvalue weighted by atomic mass is 32.2. The third kappa shape index (κ3) is 2.71. The first-order chi connectivity index (χ1) is 9.76. The van der Waals surface area contributed by atoms with Crippen LogP contribution in [0.3, 0.4) is 0 Å². The Morgan fingerprint density at radius 1 is 1.15 bits per heavy atom.